The van der Waals surface area contributed by atoms with Gasteiger partial charge in [-0.1, -0.05) is 17.7 Å². The number of carbonyl (C=O) groups excluding carboxylic acids is 1. The number of nitrogens with one attached hydrogen (secondary N) is 1. The van der Waals surface area contributed by atoms with Crippen LogP contribution in [-0.4, -0.2) is 17.4 Å². The molecule has 1 aliphatic heterocycles. The number of rotatable bonds is 4. The van der Waals surface area contributed by atoms with Crippen LogP contribution in [0.25, 0.3) is 0 Å². The first-order valence-electron chi connectivity index (χ1n) is 8.63. The first-order valence-corrected chi connectivity index (χ1v) is 9.62. The van der Waals surface area contributed by atoms with Gasteiger partial charge in [0, 0.05) is 29.5 Å². The van der Waals surface area contributed by atoms with E-state index in [-0.39, 0.29) is 5.91 Å². The number of anilines is 1. The molecule has 0 radical (unpaired) electrons. The van der Waals surface area contributed by atoms with Crippen LogP contribution < -0.4 is 14.8 Å². The standard InChI is InChI=1S/C20H21NO3S/c1-14-4-7-16(8-5-14)25-13-19(22)21-15-6-9-17-18(12-15)24-20(23-17)10-2-3-11-20/h4-9,12H,2-3,10-11,13H2,1H3,(H,21,22). The summed E-state index contributed by atoms with van der Waals surface area (Å²) in [5.74, 6) is 1.38. The zero-order chi connectivity index (χ0) is 17.3. The molecule has 4 rings (SSSR count). The van der Waals surface area contributed by atoms with E-state index in [1.54, 1.807) is 0 Å². The highest BCUT2D eigenvalue weighted by Crippen LogP contribution is 2.47. The number of hydrogen-bond donors (Lipinski definition) is 1. The average molecular weight is 355 g/mol. The molecule has 1 aliphatic carbocycles. The molecule has 2 aliphatic rings. The van der Waals surface area contributed by atoms with E-state index in [2.05, 4.69) is 24.4 Å². The van der Waals surface area contributed by atoms with Crippen LogP contribution in [0.1, 0.15) is 31.2 Å². The zero-order valence-corrected chi connectivity index (χ0v) is 15.0. The fourth-order valence-electron chi connectivity index (χ4n) is 3.27. The third kappa shape index (κ3) is 3.61. The highest BCUT2D eigenvalue weighted by molar-refractivity contribution is 8.00. The molecule has 1 amide bonds. The van der Waals surface area contributed by atoms with Gasteiger partial charge in [0.1, 0.15) is 0 Å². The Balaban J connectivity index is 1.35. The van der Waals surface area contributed by atoms with Gasteiger partial charge in [-0.25, -0.2) is 0 Å². The van der Waals surface area contributed by atoms with Crippen molar-refractivity contribution in [1.29, 1.82) is 0 Å². The maximum absolute atomic E-state index is 12.2. The molecule has 2 aromatic rings. The Morgan fingerprint density at radius 1 is 1.08 bits per heavy atom. The second-order valence-electron chi connectivity index (χ2n) is 6.63. The zero-order valence-electron chi connectivity index (χ0n) is 14.2. The topological polar surface area (TPSA) is 47.6 Å². The maximum atomic E-state index is 12.2. The molecule has 0 atom stereocenters. The number of hydrogen-bond acceptors (Lipinski definition) is 4. The summed E-state index contributed by atoms with van der Waals surface area (Å²) in [7, 11) is 0. The lowest BCUT2D eigenvalue weighted by Gasteiger charge is -2.21. The molecule has 1 fully saturated rings. The van der Waals surface area contributed by atoms with Gasteiger partial charge in [0.2, 0.25) is 5.91 Å². The summed E-state index contributed by atoms with van der Waals surface area (Å²) in [6, 6.07) is 13.8. The second-order valence-corrected chi connectivity index (χ2v) is 7.68. The predicted molar refractivity (Wildman–Crippen MR) is 99.4 cm³/mol. The number of ether oxygens (including phenoxy) is 2. The lowest BCUT2D eigenvalue weighted by molar-refractivity contribution is -0.113. The van der Waals surface area contributed by atoms with Crippen LogP contribution >= 0.6 is 11.8 Å². The summed E-state index contributed by atoms with van der Waals surface area (Å²) in [6.45, 7) is 2.05. The van der Waals surface area contributed by atoms with Crippen molar-refractivity contribution < 1.29 is 14.3 Å². The van der Waals surface area contributed by atoms with E-state index >= 15 is 0 Å². The van der Waals surface area contributed by atoms with E-state index < -0.39 is 5.79 Å². The van der Waals surface area contributed by atoms with Gasteiger partial charge in [-0.05, 0) is 44.0 Å². The van der Waals surface area contributed by atoms with Gasteiger partial charge in [-0.2, -0.15) is 0 Å². The van der Waals surface area contributed by atoms with Crippen LogP contribution in [0.15, 0.2) is 47.4 Å². The van der Waals surface area contributed by atoms with Crippen molar-refractivity contribution in [2.75, 3.05) is 11.1 Å². The fraction of sp³-hybridized carbons (Fsp3) is 0.350. The smallest absolute Gasteiger partial charge is 0.251 e. The number of fused-ring (bicyclic) bond motifs is 1. The second kappa shape index (κ2) is 6.64. The summed E-state index contributed by atoms with van der Waals surface area (Å²) in [5.41, 5.74) is 1.96. The molecule has 1 saturated carbocycles. The van der Waals surface area contributed by atoms with Crippen molar-refractivity contribution in [3.63, 3.8) is 0 Å². The largest absolute Gasteiger partial charge is 0.448 e. The Bertz CT molecular complexity index is 782. The molecular formula is C20H21NO3S. The fourth-order valence-corrected chi connectivity index (χ4v) is 3.97. The molecule has 0 unspecified atom stereocenters. The summed E-state index contributed by atoms with van der Waals surface area (Å²) in [4.78, 5) is 13.3. The van der Waals surface area contributed by atoms with E-state index in [4.69, 9.17) is 9.47 Å². The number of thioether (sulfide) groups is 1. The average Bonchev–Trinajstić information content (AvgIpc) is 3.20. The Hall–Kier alpha value is -2.14. The molecule has 1 spiro atoms. The van der Waals surface area contributed by atoms with E-state index in [9.17, 15) is 4.79 Å². The van der Waals surface area contributed by atoms with Crippen LogP contribution in [0.3, 0.4) is 0 Å². The molecule has 0 bridgehead atoms. The van der Waals surface area contributed by atoms with Crippen molar-refractivity contribution in [1.82, 2.24) is 0 Å². The monoisotopic (exact) mass is 355 g/mol. The third-order valence-corrected chi connectivity index (χ3v) is 5.59. The van der Waals surface area contributed by atoms with Gasteiger partial charge < -0.3 is 14.8 Å². The highest BCUT2D eigenvalue weighted by Gasteiger charge is 2.44. The Kier molecular flexibility index (Phi) is 4.34. The van der Waals surface area contributed by atoms with E-state index in [1.807, 2.05) is 30.3 Å². The molecule has 0 saturated heterocycles. The minimum Gasteiger partial charge on any atom is -0.448 e. The molecule has 0 aromatic heterocycles. The third-order valence-electron chi connectivity index (χ3n) is 4.58. The molecule has 1 N–H and O–H groups in total. The van der Waals surface area contributed by atoms with Crippen molar-refractivity contribution in [2.24, 2.45) is 0 Å². The van der Waals surface area contributed by atoms with Gasteiger partial charge in [0.15, 0.2) is 11.5 Å². The molecule has 5 heteroatoms. The normalized spacial score (nSPS) is 17.0. The van der Waals surface area contributed by atoms with Gasteiger partial charge in [-0.3, -0.25) is 4.79 Å². The van der Waals surface area contributed by atoms with Crippen molar-refractivity contribution in [3.05, 3.63) is 48.0 Å². The summed E-state index contributed by atoms with van der Waals surface area (Å²) >= 11 is 1.53. The molecule has 1 heterocycles. The van der Waals surface area contributed by atoms with E-state index in [0.717, 1.165) is 47.8 Å². The highest BCUT2D eigenvalue weighted by atomic mass is 32.2. The summed E-state index contributed by atoms with van der Waals surface area (Å²) < 4.78 is 12.0. The Morgan fingerprint density at radius 3 is 2.56 bits per heavy atom. The molecule has 2 aromatic carbocycles. The summed E-state index contributed by atoms with van der Waals surface area (Å²) in [6.07, 6.45) is 4.12. The van der Waals surface area contributed by atoms with Crippen LogP contribution in [0, 0.1) is 6.92 Å². The Morgan fingerprint density at radius 2 is 1.80 bits per heavy atom. The van der Waals surface area contributed by atoms with Gasteiger partial charge in [0.05, 0.1) is 5.75 Å². The first kappa shape index (κ1) is 16.3. The first-order chi connectivity index (χ1) is 12.1. The molecular weight excluding hydrogens is 334 g/mol. The summed E-state index contributed by atoms with van der Waals surface area (Å²) in [5, 5.41) is 2.94. The number of aryl methyl sites for hydroxylation is 1. The van der Waals surface area contributed by atoms with Gasteiger partial charge in [-0.15, -0.1) is 11.8 Å². The quantitative estimate of drug-likeness (QED) is 0.803. The van der Waals surface area contributed by atoms with E-state index in [1.165, 1.54) is 17.3 Å². The van der Waals surface area contributed by atoms with E-state index in [0.29, 0.717) is 5.75 Å². The van der Waals surface area contributed by atoms with Crippen LogP contribution in [-0.2, 0) is 4.79 Å². The SMILES string of the molecule is Cc1ccc(SCC(=O)Nc2ccc3c(c2)OC2(CCCC2)O3)cc1. The number of carbonyl (C=O) groups is 1. The van der Waals surface area contributed by atoms with Crippen LogP contribution in [0.5, 0.6) is 11.5 Å². The Labute approximate surface area is 151 Å². The minimum atomic E-state index is -0.466. The minimum absolute atomic E-state index is 0.0278. The number of benzene rings is 2. The van der Waals surface area contributed by atoms with Crippen molar-refractivity contribution in [2.45, 2.75) is 43.3 Å². The number of amides is 1. The molecule has 25 heavy (non-hydrogen) atoms. The van der Waals surface area contributed by atoms with Crippen LogP contribution in [0.2, 0.25) is 0 Å². The predicted octanol–water partition coefficient (Wildman–Crippen LogP) is 4.77. The van der Waals surface area contributed by atoms with Gasteiger partial charge >= 0.3 is 0 Å². The lowest BCUT2D eigenvalue weighted by atomic mass is 10.2. The molecule has 130 valence electrons. The van der Waals surface area contributed by atoms with Crippen molar-refractivity contribution >= 4 is 23.4 Å². The van der Waals surface area contributed by atoms with Gasteiger partial charge in [0.25, 0.3) is 5.79 Å². The maximum Gasteiger partial charge on any atom is 0.251 e. The van der Waals surface area contributed by atoms with Crippen molar-refractivity contribution in [3.8, 4) is 11.5 Å². The molecule has 4 nitrogen and oxygen atoms in total. The van der Waals surface area contributed by atoms with Crippen LogP contribution in [0.4, 0.5) is 5.69 Å². The lowest BCUT2D eigenvalue weighted by Crippen LogP contribution is -2.34.